The number of Topliss-reactive ketones (excluding diaryl/α,β-unsaturated/α-hetero) is 1. The summed E-state index contributed by atoms with van der Waals surface area (Å²) >= 11 is 0. The molecule has 2 N–H and O–H groups in total. The summed E-state index contributed by atoms with van der Waals surface area (Å²) in [5.41, 5.74) is 1.05. The molecule has 1 aliphatic rings. The summed E-state index contributed by atoms with van der Waals surface area (Å²) in [6.07, 6.45) is 1.89. The highest BCUT2D eigenvalue weighted by atomic mass is 19.1. The summed E-state index contributed by atoms with van der Waals surface area (Å²) in [6.45, 7) is 0. The number of carbonyl (C=O) groups excluding carboxylic acids is 1. The van der Waals surface area contributed by atoms with Crippen molar-refractivity contribution < 1.29 is 19.1 Å². The predicted octanol–water partition coefficient (Wildman–Crippen LogP) is 2.21. The van der Waals surface area contributed by atoms with Crippen LogP contribution in [0.4, 0.5) is 4.39 Å². The first-order chi connectivity index (χ1) is 8.58. The van der Waals surface area contributed by atoms with Crippen LogP contribution in [0.25, 0.3) is 10.9 Å². The lowest BCUT2D eigenvalue weighted by molar-refractivity contribution is -0.138. The van der Waals surface area contributed by atoms with Gasteiger partial charge in [-0.15, -0.1) is 0 Å². The molecule has 1 aliphatic carbocycles. The van der Waals surface area contributed by atoms with Gasteiger partial charge in [0, 0.05) is 28.6 Å². The molecule has 0 aliphatic heterocycles. The van der Waals surface area contributed by atoms with Gasteiger partial charge in [-0.3, -0.25) is 9.59 Å². The largest absolute Gasteiger partial charge is 0.481 e. The number of fused-ring (bicyclic) bond motifs is 1. The van der Waals surface area contributed by atoms with E-state index in [1.807, 2.05) is 0 Å². The van der Waals surface area contributed by atoms with Crippen LogP contribution in [0.5, 0.6) is 0 Å². The molecule has 0 saturated heterocycles. The molecule has 4 nitrogen and oxygen atoms in total. The van der Waals surface area contributed by atoms with Gasteiger partial charge in [-0.05, 0) is 24.6 Å². The van der Waals surface area contributed by atoms with Crippen molar-refractivity contribution in [2.75, 3.05) is 0 Å². The molecule has 2 aromatic rings. The second kappa shape index (κ2) is 3.66. The molecule has 2 atom stereocenters. The van der Waals surface area contributed by atoms with Crippen LogP contribution in [0.15, 0.2) is 24.4 Å². The fraction of sp³-hybridized carbons (Fsp3) is 0.231. The van der Waals surface area contributed by atoms with Crippen LogP contribution in [-0.4, -0.2) is 21.8 Å². The number of carboxylic acid groups (broad SMARTS) is 1. The zero-order valence-corrected chi connectivity index (χ0v) is 9.31. The van der Waals surface area contributed by atoms with E-state index >= 15 is 0 Å². The number of aromatic amines is 1. The quantitative estimate of drug-likeness (QED) is 0.817. The number of nitrogens with one attached hydrogen (secondary N) is 1. The second-order valence-electron chi connectivity index (χ2n) is 4.54. The lowest BCUT2D eigenvalue weighted by Gasteiger charge is -1.97. The highest BCUT2D eigenvalue weighted by molar-refractivity contribution is 6.11. The Morgan fingerprint density at radius 2 is 2.11 bits per heavy atom. The Bertz CT molecular complexity index is 661. The molecular weight excluding hydrogens is 237 g/mol. The van der Waals surface area contributed by atoms with Crippen LogP contribution >= 0.6 is 0 Å². The van der Waals surface area contributed by atoms with Crippen molar-refractivity contribution in [3.05, 3.63) is 35.8 Å². The number of aromatic nitrogens is 1. The summed E-state index contributed by atoms with van der Waals surface area (Å²) in [5.74, 6) is -2.64. The molecule has 92 valence electrons. The van der Waals surface area contributed by atoms with Crippen LogP contribution < -0.4 is 0 Å². The van der Waals surface area contributed by atoms with Gasteiger partial charge in [-0.1, -0.05) is 0 Å². The van der Waals surface area contributed by atoms with Crippen LogP contribution in [0.3, 0.4) is 0 Å². The molecule has 1 aromatic carbocycles. The van der Waals surface area contributed by atoms with Crippen molar-refractivity contribution in [1.29, 1.82) is 0 Å². The summed E-state index contributed by atoms with van der Waals surface area (Å²) < 4.78 is 13.2. The smallest absolute Gasteiger partial charge is 0.307 e. The van der Waals surface area contributed by atoms with E-state index in [-0.39, 0.29) is 5.78 Å². The predicted molar refractivity (Wildman–Crippen MR) is 61.8 cm³/mol. The lowest BCUT2D eigenvalue weighted by Crippen LogP contribution is -2.07. The highest BCUT2D eigenvalue weighted by Crippen LogP contribution is 2.42. The maximum absolute atomic E-state index is 13.2. The molecule has 1 heterocycles. The first-order valence-corrected chi connectivity index (χ1v) is 5.61. The number of carbonyl (C=O) groups is 2. The third kappa shape index (κ3) is 1.59. The number of carboxylic acids is 1. The number of halogens is 1. The Kier molecular flexibility index (Phi) is 2.23. The first-order valence-electron chi connectivity index (χ1n) is 5.61. The van der Waals surface area contributed by atoms with Gasteiger partial charge in [-0.2, -0.15) is 0 Å². The second-order valence-corrected chi connectivity index (χ2v) is 4.54. The normalized spacial score (nSPS) is 22.1. The number of aliphatic carboxylic acids is 1. The monoisotopic (exact) mass is 247 g/mol. The number of ketones is 1. The average Bonchev–Trinajstić information content (AvgIpc) is 3.03. The Balaban J connectivity index is 1.98. The van der Waals surface area contributed by atoms with E-state index in [0.29, 0.717) is 22.9 Å². The zero-order chi connectivity index (χ0) is 12.9. The Labute approximate surface area is 101 Å². The molecule has 18 heavy (non-hydrogen) atoms. The van der Waals surface area contributed by atoms with Gasteiger partial charge in [-0.25, -0.2) is 4.39 Å². The summed E-state index contributed by atoms with van der Waals surface area (Å²) in [4.78, 5) is 25.7. The van der Waals surface area contributed by atoms with Crippen molar-refractivity contribution in [3.8, 4) is 0 Å². The van der Waals surface area contributed by atoms with Gasteiger partial charge < -0.3 is 10.1 Å². The number of hydrogen-bond acceptors (Lipinski definition) is 2. The van der Waals surface area contributed by atoms with Crippen LogP contribution in [0, 0.1) is 17.7 Å². The topological polar surface area (TPSA) is 70.2 Å². The van der Waals surface area contributed by atoms with Gasteiger partial charge in [0.2, 0.25) is 0 Å². The number of H-pyrrole nitrogens is 1. The fourth-order valence-electron chi connectivity index (χ4n) is 2.25. The number of hydrogen-bond donors (Lipinski definition) is 2. The molecule has 5 heteroatoms. The van der Waals surface area contributed by atoms with Crippen molar-refractivity contribution in [2.45, 2.75) is 6.42 Å². The van der Waals surface area contributed by atoms with Gasteiger partial charge in [0.05, 0.1) is 5.92 Å². The minimum atomic E-state index is -0.945. The standard InChI is InChI=1S/C13H10FNO3/c14-6-1-2-11-7(3-6)10(5-15-11)12(16)8-4-9(8)13(17)18/h1-3,5,8-9,15H,4H2,(H,17,18)/t8-,9-/m1/s1. The minimum absolute atomic E-state index is 0.223. The maximum atomic E-state index is 13.2. The summed E-state index contributed by atoms with van der Waals surface area (Å²) in [6, 6.07) is 4.16. The minimum Gasteiger partial charge on any atom is -0.481 e. The van der Waals surface area contributed by atoms with Gasteiger partial charge >= 0.3 is 5.97 Å². The Hall–Kier alpha value is -2.17. The third-order valence-corrected chi connectivity index (χ3v) is 3.35. The molecule has 1 fully saturated rings. The molecule has 1 saturated carbocycles. The molecule has 0 amide bonds. The molecule has 0 unspecified atom stereocenters. The van der Waals surface area contributed by atoms with E-state index in [9.17, 15) is 14.0 Å². The lowest BCUT2D eigenvalue weighted by atomic mass is 10.0. The van der Waals surface area contributed by atoms with Gasteiger partial charge in [0.1, 0.15) is 5.82 Å². The van der Waals surface area contributed by atoms with Crippen molar-refractivity contribution in [3.63, 3.8) is 0 Å². The van der Waals surface area contributed by atoms with E-state index in [2.05, 4.69) is 4.98 Å². The maximum Gasteiger partial charge on any atom is 0.307 e. The molecule has 0 spiro atoms. The third-order valence-electron chi connectivity index (χ3n) is 3.35. The fourth-order valence-corrected chi connectivity index (χ4v) is 2.25. The van der Waals surface area contributed by atoms with Gasteiger partial charge in [0.15, 0.2) is 5.78 Å². The average molecular weight is 247 g/mol. The number of benzene rings is 1. The SMILES string of the molecule is O=C(O)[C@@H]1C[C@H]1C(=O)c1c[nH]c2ccc(F)cc12. The first kappa shape index (κ1) is 11.0. The van der Waals surface area contributed by atoms with Crippen LogP contribution in [-0.2, 0) is 4.79 Å². The molecule has 1 aromatic heterocycles. The van der Waals surface area contributed by atoms with Crippen molar-refractivity contribution in [2.24, 2.45) is 11.8 Å². The summed E-state index contributed by atoms with van der Waals surface area (Å²) in [7, 11) is 0. The van der Waals surface area contributed by atoms with E-state index < -0.39 is 23.6 Å². The molecule has 0 radical (unpaired) electrons. The molecule has 3 rings (SSSR count). The molecule has 0 bridgehead atoms. The molecular formula is C13H10FNO3. The van der Waals surface area contributed by atoms with Crippen molar-refractivity contribution in [1.82, 2.24) is 4.98 Å². The highest BCUT2D eigenvalue weighted by Gasteiger charge is 2.48. The van der Waals surface area contributed by atoms with E-state index in [1.165, 1.54) is 18.3 Å². The van der Waals surface area contributed by atoms with Crippen LogP contribution in [0.2, 0.25) is 0 Å². The summed E-state index contributed by atoms with van der Waals surface area (Å²) in [5, 5.41) is 9.32. The van der Waals surface area contributed by atoms with Crippen LogP contribution in [0.1, 0.15) is 16.8 Å². The Morgan fingerprint density at radius 3 is 2.78 bits per heavy atom. The van der Waals surface area contributed by atoms with Crippen molar-refractivity contribution >= 4 is 22.7 Å². The van der Waals surface area contributed by atoms with E-state index in [1.54, 1.807) is 6.07 Å². The zero-order valence-electron chi connectivity index (χ0n) is 9.31. The van der Waals surface area contributed by atoms with Gasteiger partial charge in [0.25, 0.3) is 0 Å². The van der Waals surface area contributed by atoms with E-state index in [4.69, 9.17) is 5.11 Å². The van der Waals surface area contributed by atoms with E-state index in [0.717, 1.165) is 0 Å². The Morgan fingerprint density at radius 1 is 1.33 bits per heavy atom. The number of rotatable bonds is 3.